The smallest absolute Gasteiger partial charge is 0.286 e. The third-order valence-corrected chi connectivity index (χ3v) is 6.93. The highest BCUT2D eigenvalue weighted by Crippen LogP contribution is 2.38. The van der Waals surface area contributed by atoms with Crippen molar-refractivity contribution in [3.05, 3.63) is 58.5 Å². The number of nitrogens with zero attached hydrogens (tertiary/aromatic N) is 2. The van der Waals surface area contributed by atoms with Gasteiger partial charge in [-0.3, -0.25) is 4.79 Å². The fourth-order valence-electron chi connectivity index (χ4n) is 4.12. The zero-order valence-corrected chi connectivity index (χ0v) is 19.5. The van der Waals surface area contributed by atoms with Crippen LogP contribution in [-0.2, 0) is 11.2 Å². The van der Waals surface area contributed by atoms with Gasteiger partial charge in [0.15, 0.2) is 16.7 Å². The Balaban J connectivity index is 1.42. The second kappa shape index (κ2) is 10.1. The van der Waals surface area contributed by atoms with Crippen molar-refractivity contribution in [1.29, 1.82) is 0 Å². The SMILES string of the molecule is COc1cc(OC)c(OC)cc1/C=C1\SC(N2CCC(Cc3ccccc3)CC2)=NC1=O. The molecule has 0 aromatic heterocycles. The molecule has 32 heavy (non-hydrogen) atoms. The van der Waals surface area contributed by atoms with Crippen LogP contribution in [0.5, 0.6) is 17.2 Å². The van der Waals surface area contributed by atoms with Crippen molar-refractivity contribution >= 4 is 28.9 Å². The summed E-state index contributed by atoms with van der Waals surface area (Å²) in [5, 5.41) is 0.791. The maximum Gasteiger partial charge on any atom is 0.286 e. The molecule has 7 heteroatoms. The molecule has 1 saturated heterocycles. The topological polar surface area (TPSA) is 60.4 Å². The van der Waals surface area contributed by atoms with Gasteiger partial charge in [0.25, 0.3) is 5.91 Å². The number of hydrogen-bond acceptors (Lipinski definition) is 6. The average molecular weight is 453 g/mol. The molecule has 0 unspecified atom stereocenters. The van der Waals surface area contributed by atoms with E-state index in [4.69, 9.17) is 14.2 Å². The monoisotopic (exact) mass is 452 g/mol. The van der Waals surface area contributed by atoms with Gasteiger partial charge in [0.1, 0.15) is 5.75 Å². The van der Waals surface area contributed by atoms with E-state index < -0.39 is 0 Å². The second-order valence-corrected chi connectivity index (χ2v) is 8.89. The summed E-state index contributed by atoms with van der Waals surface area (Å²) in [6.07, 6.45) is 5.13. The normalized spacial score (nSPS) is 18.1. The number of methoxy groups -OCH3 is 3. The number of likely N-dealkylation sites (tertiary alicyclic amines) is 1. The first kappa shape index (κ1) is 22.3. The first-order valence-electron chi connectivity index (χ1n) is 10.7. The lowest BCUT2D eigenvalue weighted by atomic mass is 9.90. The van der Waals surface area contributed by atoms with Crippen molar-refractivity contribution in [3.63, 3.8) is 0 Å². The molecular formula is C25H28N2O4S. The quantitative estimate of drug-likeness (QED) is 0.595. The van der Waals surface area contributed by atoms with Gasteiger partial charge in [0.05, 0.1) is 26.2 Å². The highest BCUT2D eigenvalue weighted by Gasteiger charge is 2.29. The number of ether oxygens (including phenoxy) is 3. The molecule has 2 aromatic rings. The highest BCUT2D eigenvalue weighted by atomic mass is 32.2. The molecule has 0 spiro atoms. The van der Waals surface area contributed by atoms with Crippen LogP contribution in [0, 0.1) is 5.92 Å². The first-order chi connectivity index (χ1) is 15.6. The van der Waals surface area contributed by atoms with Crippen molar-refractivity contribution < 1.29 is 19.0 Å². The van der Waals surface area contributed by atoms with Gasteiger partial charge in [-0.2, -0.15) is 4.99 Å². The number of carbonyl (C=O) groups is 1. The fourth-order valence-corrected chi connectivity index (χ4v) is 5.07. The van der Waals surface area contributed by atoms with Crippen LogP contribution in [0.2, 0.25) is 0 Å². The highest BCUT2D eigenvalue weighted by molar-refractivity contribution is 8.18. The number of benzene rings is 2. The van der Waals surface area contributed by atoms with E-state index in [-0.39, 0.29) is 5.91 Å². The van der Waals surface area contributed by atoms with E-state index in [1.54, 1.807) is 27.4 Å². The predicted octanol–water partition coefficient (Wildman–Crippen LogP) is 4.64. The molecule has 168 valence electrons. The Morgan fingerprint density at radius 3 is 2.31 bits per heavy atom. The molecule has 2 aliphatic heterocycles. The zero-order valence-electron chi connectivity index (χ0n) is 18.7. The molecule has 0 N–H and O–H groups in total. The molecule has 0 saturated carbocycles. The third-order valence-electron chi connectivity index (χ3n) is 5.88. The van der Waals surface area contributed by atoms with Gasteiger partial charge in [-0.1, -0.05) is 30.3 Å². The summed E-state index contributed by atoms with van der Waals surface area (Å²) >= 11 is 1.43. The van der Waals surface area contributed by atoms with Gasteiger partial charge in [0.2, 0.25) is 0 Å². The van der Waals surface area contributed by atoms with Crippen molar-refractivity contribution in [3.8, 4) is 17.2 Å². The van der Waals surface area contributed by atoms with Gasteiger partial charge in [-0.05, 0) is 54.6 Å². The number of amides is 1. The Morgan fingerprint density at radius 1 is 1.00 bits per heavy atom. The maximum atomic E-state index is 12.6. The van der Waals surface area contributed by atoms with Gasteiger partial charge in [-0.15, -0.1) is 0 Å². The average Bonchev–Trinajstić information content (AvgIpc) is 3.20. The van der Waals surface area contributed by atoms with Crippen LogP contribution in [0.3, 0.4) is 0 Å². The van der Waals surface area contributed by atoms with Crippen LogP contribution in [0.1, 0.15) is 24.0 Å². The summed E-state index contributed by atoms with van der Waals surface area (Å²) in [6, 6.07) is 14.2. The maximum absolute atomic E-state index is 12.6. The molecule has 2 aromatic carbocycles. The summed E-state index contributed by atoms with van der Waals surface area (Å²) in [6.45, 7) is 1.84. The Labute approximate surface area is 193 Å². The van der Waals surface area contributed by atoms with Gasteiger partial charge >= 0.3 is 0 Å². The molecule has 0 bridgehead atoms. The van der Waals surface area contributed by atoms with E-state index in [2.05, 4.69) is 40.2 Å². The van der Waals surface area contributed by atoms with Crippen LogP contribution < -0.4 is 14.2 Å². The minimum atomic E-state index is -0.215. The summed E-state index contributed by atoms with van der Waals surface area (Å²) in [4.78, 5) is 19.8. The van der Waals surface area contributed by atoms with Crippen molar-refractivity contribution in [2.24, 2.45) is 10.9 Å². The Kier molecular flexibility index (Phi) is 7.05. The molecule has 0 radical (unpaired) electrons. The van der Waals surface area contributed by atoms with Gasteiger partial charge in [0, 0.05) is 24.7 Å². The fraction of sp³-hybridized carbons (Fsp3) is 0.360. The lowest BCUT2D eigenvalue weighted by Crippen LogP contribution is -2.37. The minimum absolute atomic E-state index is 0.215. The number of amidine groups is 1. The second-order valence-electron chi connectivity index (χ2n) is 7.88. The molecular weight excluding hydrogens is 424 g/mol. The number of carbonyl (C=O) groups excluding carboxylic acids is 1. The molecule has 2 heterocycles. The Morgan fingerprint density at radius 2 is 1.66 bits per heavy atom. The Bertz CT molecular complexity index is 1030. The standard InChI is InChI=1S/C25H28N2O4S/c1-29-20-16-22(31-3)21(30-2)14-19(20)15-23-24(28)26-25(32-23)27-11-9-18(10-12-27)13-17-7-5-4-6-8-17/h4-8,14-16,18H,9-13H2,1-3H3/b23-15-. The van der Waals surface area contributed by atoms with Crippen LogP contribution in [0.25, 0.3) is 6.08 Å². The van der Waals surface area contributed by atoms with Crippen LogP contribution in [-0.4, -0.2) is 50.4 Å². The molecule has 0 aliphatic carbocycles. The van der Waals surface area contributed by atoms with Crippen molar-refractivity contribution in [2.75, 3.05) is 34.4 Å². The Hall–Kier alpha value is -2.93. The number of aliphatic imine (C=N–C) groups is 1. The zero-order chi connectivity index (χ0) is 22.5. The lowest BCUT2D eigenvalue weighted by Gasteiger charge is -2.32. The van der Waals surface area contributed by atoms with E-state index in [0.29, 0.717) is 28.1 Å². The van der Waals surface area contributed by atoms with Gasteiger partial charge in [-0.25, -0.2) is 0 Å². The molecule has 1 amide bonds. The van der Waals surface area contributed by atoms with Gasteiger partial charge < -0.3 is 19.1 Å². The summed E-state index contributed by atoms with van der Waals surface area (Å²) in [5.74, 6) is 2.22. The van der Waals surface area contributed by atoms with E-state index in [0.717, 1.165) is 43.1 Å². The van der Waals surface area contributed by atoms with E-state index in [9.17, 15) is 4.79 Å². The number of piperidine rings is 1. The van der Waals surface area contributed by atoms with Crippen molar-refractivity contribution in [1.82, 2.24) is 4.90 Å². The molecule has 6 nitrogen and oxygen atoms in total. The molecule has 2 aliphatic rings. The van der Waals surface area contributed by atoms with E-state index >= 15 is 0 Å². The van der Waals surface area contributed by atoms with Crippen molar-refractivity contribution in [2.45, 2.75) is 19.3 Å². The third kappa shape index (κ3) is 4.93. The number of rotatable bonds is 6. The first-order valence-corrected chi connectivity index (χ1v) is 11.5. The van der Waals surface area contributed by atoms with E-state index in [1.165, 1.54) is 17.3 Å². The summed E-state index contributed by atoms with van der Waals surface area (Å²) in [7, 11) is 4.75. The predicted molar refractivity (Wildman–Crippen MR) is 129 cm³/mol. The summed E-state index contributed by atoms with van der Waals surface area (Å²) in [5.41, 5.74) is 2.14. The largest absolute Gasteiger partial charge is 0.496 e. The van der Waals surface area contributed by atoms with Crippen LogP contribution >= 0.6 is 11.8 Å². The van der Waals surface area contributed by atoms with E-state index in [1.807, 2.05) is 12.1 Å². The molecule has 0 atom stereocenters. The lowest BCUT2D eigenvalue weighted by molar-refractivity contribution is -0.113. The number of thioether (sulfide) groups is 1. The minimum Gasteiger partial charge on any atom is -0.496 e. The number of hydrogen-bond donors (Lipinski definition) is 0. The summed E-state index contributed by atoms with van der Waals surface area (Å²) < 4.78 is 16.2. The molecule has 1 fully saturated rings. The van der Waals surface area contributed by atoms with Crippen LogP contribution in [0.4, 0.5) is 0 Å². The van der Waals surface area contributed by atoms with Crippen LogP contribution in [0.15, 0.2) is 52.4 Å². The molecule has 4 rings (SSSR count).